The normalized spacial score (nSPS) is 11.1. The van der Waals surface area contributed by atoms with Crippen LogP contribution in [0.3, 0.4) is 0 Å². The molecule has 2 aromatic rings. The zero-order chi connectivity index (χ0) is 17.0. The second-order valence-corrected chi connectivity index (χ2v) is 7.16. The summed E-state index contributed by atoms with van der Waals surface area (Å²) in [6.07, 6.45) is 0. The van der Waals surface area contributed by atoms with Crippen LogP contribution in [0.5, 0.6) is 11.5 Å². The highest BCUT2D eigenvalue weighted by Crippen LogP contribution is 2.34. The van der Waals surface area contributed by atoms with Gasteiger partial charge in [0.25, 0.3) is 0 Å². The van der Waals surface area contributed by atoms with Gasteiger partial charge in [-0.3, -0.25) is 4.79 Å². The number of esters is 1. The van der Waals surface area contributed by atoms with Crippen LogP contribution < -0.4 is 9.47 Å². The molecule has 5 nitrogen and oxygen atoms in total. The highest BCUT2D eigenvalue weighted by atomic mass is 32.2. The number of hydrogen-bond donors (Lipinski definition) is 0. The van der Waals surface area contributed by atoms with Gasteiger partial charge in [-0.05, 0) is 35.9 Å². The molecule has 0 saturated heterocycles. The summed E-state index contributed by atoms with van der Waals surface area (Å²) in [4.78, 5) is 11.5. The predicted octanol–water partition coefficient (Wildman–Crippen LogP) is 3.08. The predicted molar refractivity (Wildman–Crippen MR) is 87.5 cm³/mol. The fourth-order valence-electron chi connectivity index (χ4n) is 2.11. The fourth-order valence-corrected chi connectivity index (χ4v) is 3.00. The van der Waals surface area contributed by atoms with Gasteiger partial charge in [0.15, 0.2) is 9.84 Å². The molecule has 2 rings (SSSR count). The maximum atomic E-state index is 11.9. The molecule has 0 atom stereocenters. The van der Waals surface area contributed by atoms with Crippen LogP contribution in [0.4, 0.5) is 0 Å². The third-order valence-electron chi connectivity index (χ3n) is 3.34. The number of hydrogen-bond acceptors (Lipinski definition) is 5. The fraction of sp³-hybridized carbons (Fsp3) is 0.235. The molecule has 0 bridgehead atoms. The highest BCUT2D eigenvalue weighted by molar-refractivity contribution is 7.91. The molecule has 0 radical (unpaired) electrons. The van der Waals surface area contributed by atoms with Crippen molar-refractivity contribution in [2.24, 2.45) is 0 Å². The quantitative estimate of drug-likeness (QED) is 0.621. The standard InChI is InChI=1S/C17H18O5S/c1-4-23(19,20)15-8-5-13(6-9-15)16-11-14(21-3)7-10-17(16)22-12(2)18/h5-11H,4H2,1-3H3. The lowest BCUT2D eigenvalue weighted by atomic mass is 10.0. The first-order chi connectivity index (χ1) is 10.9. The van der Waals surface area contributed by atoms with Gasteiger partial charge < -0.3 is 9.47 Å². The van der Waals surface area contributed by atoms with Gasteiger partial charge in [0.05, 0.1) is 17.8 Å². The average molecular weight is 334 g/mol. The number of sulfone groups is 1. The molecule has 23 heavy (non-hydrogen) atoms. The third-order valence-corrected chi connectivity index (χ3v) is 5.10. The molecule has 0 aliphatic heterocycles. The van der Waals surface area contributed by atoms with Crippen molar-refractivity contribution in [3.8, 4) is 22.6 Å². The van der Waals surface area contributed by atoms with Crippen LogP contribution in [-0.4, -0.2) is 27.2 Å². The van der Waals surface area contributed by atoms with Crippen molar-refractivity contribution in [3.05, 3.63) is 42.5 Å². The molecule has 0 spiro atoms. The van der Waals surface area contributed by atoms with Crippen LogP contribution in [0, 0.1) is 0 Å². The van der Waals surface area contributed by atoms with Gasteiger partial charge in [-0.1, -0.05) is 19.1 Å². The van der Waals surface area contributed by atoms with Crippen LogP contribution in [0.15, 0.2) is 47.4 Å². The largest absolute Gasteiger partial charge is 0.497 e. The van der Waals surface area contributed by atoms with Crippen molar-refractivity contribution in [2.45, 2.75) is 18.7 Å². The van der Waals surface area contributed by atoms with Gasteiger partial charge in [-0.15, -0.1) is 0 Å². The molecular formula is C17H18O5S. The van der Waals surface area contributed by atoms with Crippen LogP contribution in [-0.2, 0) is 14.6 Å². The van der Waals surface area contributed by atoms with Crippen molar-refractivity contribution >= 4 is 15.8 Å². The van der Waals surface area contributed by atoms with Crippen molar-refractivity contribution in [3.63, 3.8) is 0 Å². The summed E-state index contributed by atoms with van der Waals surface area (Å²) < 4.78 is 34.1. The van der Waals surface area contributed by atoms with E-state index in [1.54, 1.807) is 56.5 Å². The van der Waals surface area contributed by atoms with Gasteiger partial charge in [0.1, 0.15) is 11.5 Å². The van der Waals surface area contributed by atoms with E-state index in [0.29, 0.717) is 17.1 Å². The number of ether oxygens (including phenoxy) is 2. The third kappa shape index (κ3) is 3.90. The second kappa shape index (κ2) is 6.83. The lowest BCUT2D eigenvalue weighted by Crippen LogP contribution is -2.04. The number of benzene rings is 2. The summed E-state index contributed by atoms with van der Waals surface area (Å²) in [5.74, 6) is 0.622. The number of carbonyl (C=O) groups excluding carboxylic acids is 1. The van der Waals surface area contributed by atoms with Crippen LogP contribution in [0.1, 0.15) is 13.8 Å². The number of carbonyl (C=O) groups is 1. The van der Waals surface area contributed by atoms with E-state index in [0.717, 1.165) is 5.56 Å². The maximum Gasteiger partial charge on any atom is 0.308 e. The van der Waals surface area contributed by atoms with E-state index in [-0.39, 0.29) is 10.6 Å². The van der Waals surface area contributed by atoms with E-state index in [1.165, 1.54) is 6.92 Å². The maximum absolute atomic E-state index is 11.9. The van der Waals surface area contributed by atoms with Crippen LogP contribution >= 0.6 is 0 Å². The van der Waals surface area contributed by atoms with Gasteiger partial charge in [0, 0.05) is 12.5 Å². The van der Waals surface area contributed by atoms with Crippen molar-refractivity contribution in [1.82, 2.24) is 0 Å². The highest BCUT2D eigenvalue weighted by Gasteiger charge is 2.14. The lowest BCUT2D eigenvalue weighted by Gasteiger charge is -2.11. The lowest BCUT2D eigenvalue weighted by molar-refractivity contribution is -0.131. The molecule has 0 unspecified atom stereocenters. The summed E-state index contributed by atoms with van der Waals surface area (Å²) >= 11 is 0. The van der Waals surface area contributed by atoms with Crippen molar-refractivity contribution in [2.75, 3.05) is 12.9 Å². The molecule has 0 N–H and O–H groups in total. The van der Waals surface area contributed by atoms with Gasteiger partial charge >= 0.3 is 5.97 Å². The second-order valence-electron chi connectivity index (χ2n) is 4.88. The summed E-state index contributed by atoms with van der Waals surface area (Å²) in [6, 6.07) is 11.5. The van der Waals surface area contributed by atoms with E-state index < -0.39 is 15.8 Å². The van der Waals surface area contributed by atoms with E-state index in [2.05, 4.69) is 0 Å². The Balaban J connectivity index is 2.50. The first kappa shape index (κ1) is 17.0. The Morgan fingerprint density at radius 2 is 1.74 bits per heavy atom. The van der Waals surface area contributed by atoms with Crippen molar-refractivity contribution < 1.29 is 22.7 Å². The van der Waals surface area contributed by atoms with Gasteiger partial charge in [0.2, 0.25) is 0 Å². The Morgan fingerprint density at radius 3 is 2.26 bits per heavy atom. The van der Waals surface area contributed by atoms with E-state index in [9.17, 15) is 13.2 Å². The summed E-state index contributed by atoms with van der Waals surface area (Å²) in [5.41, 5.74) is 1.38. The molecular weight excluding hydrogens is 316 g/mol. The summed E-state index contributed by atoms with van der Waals surface area (Å²) in [7, 11) is -1.71. The molecule has 6 heteroatoms. The molecule has 0 aromatic heterocycles. The minimum absolute atomic E-state index is 0.0458. The number of methoxy groups -OCH3 is 1. The SMILES string of the molecule is CCS(=O)(=O)c1ccc(-c2cc(OC)ccc2OC(C)=O)cc1. The van der Waals surface area contributed by atoms with Crippen LogP contribution in [0.25, 0.3) is 11.1 Å². The Morgan fingerprint density at radius 1 is 1.09 bits per heavy atom. The molecule has 0 saturated carbocycles. The zero-order valence-electron chi connectivity index (χ0n) is 13.2. The molecule has 0 amide bonds. The molecule has 2 aromatic carbocycles. The Hall–Kier alpha value is -2.34. The molecule has 0 fully saturated rings. The average Bonchev–Trinajstić information content (AvgIpc) is 2.55. The molecule has 0 aliphatic rings. The van der Waals surface area contributed by atoms with E-state index in [4.69, 9.17) is 9.47 Å². The van der Waals surface area contributed by atoms with E-state index in [1.807, 2.05) is 0 Å². The van der Waals surface area contributed by atoms with Crippen LogP contribution in [0.2, 0.25) is 0 Å². The topological polar surface area (TPSA) is 69.7 Å². The zero-order valence-corrected chi connectivity index (χ0v) is 14.0. The van der Waals surface area contributed by atoms with Crippen molar-refractivity contribution in [1.29, 1.82) is 0 Å². The minimum Gasteiger partial charge on any atom is -0.497 e. The molecule has 122 valence electrons. The Bertz CT molecular complexity index is 807. The summed E-state index contributed by atoms with van der Waals surface area (Å²) in [6.45, 7) is 2.93. The molecule has 0 aliphatic carbocycles. The van der Waals surface area contributed by atoms with Gasteiger partial charge in [-0.2, -0.15) is 0 Å². The molecule has 0 heterocycles. The summed E-state index contributed by atoms with van der Waals surface area (Å²) in [5, 5.41) is 0. The Kier molecular flexibility index (Phi) is 5.05. The first-order valence-electron chi connectivity index (χ1n) is 7.07. The van der Waals surface area contributed by atoms with E-state index >= 15 is 0 Å². The minimum atomic E-state index is -3.25. The van der Waals surface area contributed by atoms with Gasteiger partial charge in [-0.25, -0.2) is 8.42 Å². The monoisotopic (exact) mass is 334 g/mol. The number of rotatable bonds is 5. The smallest absolute Gasteiger partial charge is 0.308 e. The Labute approximate surface area is 135 Å². The first-order valence-corrected chi connectivity index (χ1v) is 8.72.